The number of likely N-dealkylation sites (tertiary alicyclic amines) is 1. The Kier molecular flexibility index (Phi) is 6.52. The summed E-state index contributed by atoms with van der Waals surface area (Å²) in [5, 5.41) is 7.21. The molecular formula is C22H27N3O2S. The number of rotatable bonds is 4. The molecule has 0 aromatic heterocycles. The van der Waals surface area contributed by atoms with Gasteiger partial charge in [-0.1, -0.05) is 12.1 Å². The predicted octanol–water partition coefficient (Wildman–Crippen LogP) is 3.90. The molecule has 1 fully saturated rings. The average molecular weight is 398 g/mol. The van der Waals surface area contributed by atoms with Crippen LogP contribution >= 0.6 is 12.2 Å². The molecule has 0 spiro atoms. The van der Waals surface area contributed by atoms with Crippen LogP contribution in [0.5, 0.6) is 5.75 Å². The Morgan fingerprint density at radius 1 is 1.11 bits per heavy atom. The highest BCUT2D eigenvalue weighted by Gasteiger charge is 2.23. The first kappa shape index (κ1) is 20.1. The third-order valence-corrected chi connectivity index (χ3v) is 5.28. The largest absolute Gasteiger partial charge is 0.497 e. The van der Waals surface area contributed by atoms with Gasteiger partial charge in [-0.15, -0.1) is 0 Å². The van der Waals surface area contributed by atoms with E-state index in [1.807, 2.05) is 12.1 Å². The summed E-state index contributed by atoms with van der Waals surface area (Å²) in [4.78, 5) is 14.7. The van der Waals surface area contributed by atoms with Crippen molar-refractivity contribution in [2.45, 2.75) is 32.7 Å². The molecule has 2 aromatic rings. The Balaban J connectivity index is 1.51. The zero-order valence-corrected chi connectivity index (χ0v) is 17.4. The van der Waals surface area contributed by atoms with Crippen molar-refractivity contribution >= 4 is 28.9 Å². The standard InChI is InChI=1S/C22H27N3O2S/c1-15-11-16(2)13-19(12-15)24-22(28)25-9-7-18(8-10-25)23-21(26)17-5-4-6-20(14-17)27-3/h4-6,11-14,18H,7-10H2,1-3H3,(H,23,26)(H,24,28). The van der Waals surface area contributed by atoms with E-state index < -0.39 is 0 Å². The summed E-state index contributed by atoms with van der Waals surface area (Å²) >= 11 is 5.59. The Morgan fingerprint density at radius 3 is 2.43 bits per heavy atom. The second-order valence-electron chi connectivity index (χ2n) is 7.27. The minimum atomic E-state index is -0.0618. The molecule has 6 heteroatoms. The van der Waals surface area contributed by atoms with Crippen LogP contribution < -0.4 is 15.4 Å². The smallest absolute Gasteiger partial charge is 0.251 e. The summed E-state index contributed by atoms with van der Waals surface area (Å²) in [6.45, 7) is 5.80. The van der Waals surface area contributed by atoms with Crippen LogP contribution in [0.4, 0.5) is 5.69 Å². The topological polar surface area (TPSA) is 53.6 Å². The van der Waals surface area contributed by atoms with E-state index in [1.54, 1.807) is 19.2 Å². The van der Waals surface area contributed by atoms with E-state index in [0.29, 0.717) is 11.3 Å². The van der Waals surface area contributed by atoms with E-state index in [2.05, 4.69) is 47.6 Å². The van der Waals surface area contributed by atoms with Gasteiger partial charge in [-0.2, -0.15) is 0 Å². The maximum atomic E-state index is 12.5. The van der Waals surface area contributed by atoms with Gasteiger partial charge in [0, 0.05) is 30.4 Å². The summed E-state index contributed by atoms with van der Waals surface area (Å²) in [7, 11) is 1.60. The number of ether oxygens (including phenoxy) is 1. The zero-order chi connectivity index (χ0) is 20.1. The quantitative estimate of drug-likeness (QED) is 0.767. The minimum absolute atomic E-state index is 0.0618. The zero-order valence-electron chi connectivity index (χ0n) is 16.6. The monoisotopic (exact) mass is 397 g/mol. The molecule has 5 nitrogen and oxygen atoms in total. The van der Waals surface area contributed by atoms with Crippen molar-refractivity contribution in [3.8, 4) is 5.75 Å². The normalized spacial score (nSPS) is 14.5. The number of carbonyl (C=O) groups is 1. The maximum absolute atomic E-state index is 12.5. The van der Waals surface area contributed by atoms with Crippen molar-refractivity contribution in [1.29, 1.82) is 0 Å². The Bertz CT molecular complexity index is 840. The van der Waals surface area contributed by atoms with E-state index in [-0.39, 0.29) is 11.9 Å². The highest BCUT2D eigenvalue weighted by atomic mass is 32.1. The van der Waals surface area contributed by atoms with Gasteiger partial charge in [0.25, 0.3) is 5.91 Å². The van der Waals surface area contributed by atoms with Crippen LogP contribution in [0.1, 0.15) is 34.3 Å². The van der Waals surface area contributed by atoms with Crippen molar-refractivity contribution in [3.63, 3.8) is 0 Å². The van der Waals surface area contributed by atoms with Crippen LogP contribution in [-0.4, -0.2) is 42.2 Å². The van der Waals surface area contributed by atoms with Crippen molar-refractivity contribution < 1.29 is 9.53 Å². The van der Waals surface area contributed by atoms with Gasteiger partial charge in [-0.05, 0) is 80.4 Å². The lowest BCUT2D eigenvalue weighted by atomic mass is 10.0. The molecule has 0 radical (unpaired) electrons. The van der Waals surface area contributed by atoms with Crippen LogP contribution in [0.25, 0.3) is 0 Å². The number of hydrogen-bond donors (Lipinski definition) is 2. The lowest BCUT2D eigenvalue weighted by Gasteiger charge is -2.34. The number of amides is 1. The molecule has 1 aliphatic heterocycles. The van der Waals surface area contributed by atoms with E-state index >= 15 is 0 Å². The first-order valence-electron chi connectivity index (χ1n) is 9.54. The van der Waals surface area contributed by atoms with E-state index in [0.717, 1.165) is 36.7 Å². The molecule has 0 atom stereocenters. The molecule has 2 N–H and O–H groups in total. The molecule has 1 saturated heterocycles. The Morgan fingerprint density at radius 2 is 1.79 bits per heavy atom. The molecule has 2 aromatic carbocycles. The second kappa shape index (κ2) is 9.06. The van der Waals surface area contributed by atoms with E-state index in [4.69, 9.17) is 17.0 Å². The lowest BCUT2D eigenvalue weighted by molar-refractivity contribution is 0.0922. The molecule has 148 valence electrons. The average Bonchev–Trinajstić information content (AvgIpc) is 2.67. The number of nitrogens with one attached hydrogen (secondary N) is 2. The second-order valence-corrected chi connectivity index (χ2v) is 7.66. The summed E-state index contributed by atoms with van der Waals surface area (Å²) in [6.07, 6.45) is 1.73. The third kappa shape index (κ3) is 5.23. The molecule has 28 heavy (non-hydrogen) atoms. The molecule has 0 bridgehead atoms. The Labute approximate surface area is 172 Å². The number of carbonyl (C=O) groups excluding carboxylic acids is 1. The van der Waals surface area contributed by atoms with Crippen molar-refractivity contribution in [1.82, 2.24) is 10.2 Å². The number of hydrogen-bond acceptors (Lipinski definition) is 3. The number of aryl methyl sites for hydroxylation is 2. The third-order valence-electron chi connectivity index (χ3n) is 4.92. The number of anilines is 1. The van der Waals surface area contributed by atoms with Gasteiger partial charge in [-0.25, -0.2) is 0 Å². The number of nitrogens with zero attached hydrogens (tertiary/aromatic N) is 1. The van der Waals surface area contributed by atoms with Crippen LogP contribution in [0.2, 0.25) is 0 Å². The summed E-state index contributed by atoms with van der Waals surface area (Å²) < 4.78 is 5.19. The highest BCUT2D eigenvalue weighted by Crippen LogP contribution is 2.18. The fourth-order valence-corrected chi connectivity index (χ4v) is 3.81. The minimum Gasteiger partial charge on any atom is -0.497 e. The van der Waals surface area contributed by atoms with Crippen LogP contribution in [0.15, 0.2) is 42.5 Å². The number of piperidine rings is 1. The molecule has 1 amide bonds. The van der Waals surface area contributed by atoms with Crippen molar-refractivity contribution in [3.05, 3.63) is 59.2 Å². The molecule has 0 saturated carbocycles. The molecule has 1 heterocycles. The van der Waals surface area contributed by atoms with E-state index in [9.17, 15) is 4.79 Å². The van der Waals surface area contributed by atoms with Crippen molar-refractivity contribution in [2.75, 3.05) is 25.5 Å². The molecule has 3 rings (SSSR count). The van der Waals surface area contributed by atoms with Crippen molar-refractivity contribution in [2.24, 2.45) is 0 Å². The SMILES string of the molecule is COc1cccc(C(=O)NC2CCN(C(=S)Nc3cc(C)cc(C)c3)CC2)c1. The van der Waals surface area contributed by atoms with Gasteiger partial charge >= 0.3 is 0 Å². The van der Waals surface area contributed by atoms with Crippen LogP contribution in [0.3, 0.4) is 0 Å². The number of thiocarbonyl (C=S) groups is 1. The highest BCUT2D eigenvalue weighted by molar-refractivity contribution is 7.80. The van der Waals surface area contributed by atoms with Gasteiger partial charge in [0.1, 0.15) is 5.75 Å². The Hall–Kier alpha value is -2.60. The first-order valence-corrected chi connectivity index (χ1v) is 9.94. The summed E-state index contributed by atoms with van der Waals surface area (Å²) in [6, 6.07) is 13.7. The molecule has 0 aliphatic carbocycles. The van der Waals surface area contributed by atoms with Gasteiger partial charge < -0.3 is 20.3 Å². The molecule has 1 aliphatic rings. The van der Waals surface area contributed by atoms with Gasteiger partial charge in [0.2, 0.25) is 0 Å². The summed E-state index contributed by atoms with van der Waals surface area (Å²) in [5.41, 5.74) is 4.07. The fraction of sp³-hybridized carbons (Fsp3) is 0.364. The number of benzene rings is 2. The summed E-state index contributed by atoms with van der Waals surface area (Å²) in [5.74, 6) is 0.624. The fourth-order valence-electron chi connectivity index (χ4n) is 3.51. The molecule has 0 unspecified atom stereocenters. The van der Waals surface area contributed by atoms with Gasteiger partial charge in [0.15, 0.2) is 5.11 Å². The van der Waals surface area contributed by atoms with Crippen LogP contribution in [0, 0.1) is 13.8 Å². The predicted molar refractivity (Wildman–Crippen MR) is 117 cm³/mol. The van der Waals surface area contributed by atoms with E-state index in [1.165, 1.54) is 11.1 Å². The lowest BCUT2D eigenvalue weighted by Crippen LogP contribution is -2.47. The number of methoxy groups -OCH3 is 1. The van der Waals surface area contributed by atoms with Gasteiger partial charge in [0.05, 0.1) is 7.11 Å². The first-order chi connectivity index (χ1) is 13.4. The maximum Gasteiger partial charge on any atom is 0.251 e. The van der Waals surface area contributed by atoms with Crippen LogP contribution in [-0.2, 0) is 0 Å². The van der Waals surface area contributed by atoms with Gasteiger partial charge in [-0.3, -0.25) is 4.79 Å². The molecular weight excluding hydrogens is 370 g/mol.